The Hall–Kier alpha value is -0.130. The second kappa shape index (κ2) is 4.80. The van der Waals surface area contributed by atoms with Crippen LogP contribution < -0.4 is 10.5 Å². The number of ether oxygens (including phenoxy) is 1. The molecule has 0 aliphatic heterocycles. The highest BCUT2D eigenvalue weighted by molar-refractivity contribution is 9.11. The molecule has 15 heavy (non-hydrogen) atoms. The lowest BCUT2D eigenvalue weighted by Gasteiger charge is -2.17. The highest BCUT2D eigenvalue weighted by atomic mass is 79.9. The van der Waals surface area contributed by atoms with Crippen molar-refractivity contribution in [3.05, 3.63) is 21.2 Å². The Morgan fingerprint density at radius 1 is 1.40 bits per heavy atom. The van der Waals surface area contributed by atoms with Gasteiger partial charge in [0.2, 0.25) is 5.88 Å². The van der Waals surface area contributed by atoms with Crippen LogP contribution in [0.5, 0.6) is 5.88 Å². The third-order valence-corrected chi connectivity index (χ3v) is 3.54. The lowest BCUT2D eigenvalue weighted by molar-refractivity contribution is 0.182. The first-order valence-corrected chi connectivity index (χ1v) is 6.48. The molecule has 2 rings (SSSR count). The summed E-state index contributed by atoms with van der Waals surface area (Å²) in [5.74, 6) is 0.626. The molecule has 1 aromatic rings. The van der Waals surface area contributed by atoms with E-state index in [-0.39, 0.29) is 12.1 Å². The van der Waals surface area contributed by atoms with Crippen LogP contribution in [-0.4, -0.2) is 17.1 Å². The van der Waals surface area contributed by atoms with Crippen LogP contribution in [0.4, 0.5) is 0 Å². The van der Waals surface area contributed by atoms with Gasteiger partial charge in [0.15, 0.2) is 0 Å². The molecule has 0 saturated heterocycles. The van der Waals surface area contributed by atoms with Gasteiger partial charge in [0, 0.05) is 16.7 Å². The van der Waals surface area contributed by atoms with E-state index >= 15 is 0 Å². The van der Waals surface area contributed by atoms with Gasteiger partial charge in [0.1, 0.15) is 6.10 Å². The van der Waals surface area contributed by atoms with Gasteiger partial charge >= 0.3 is 0 Å². The second-order valence-electron chi connectivity index (χ2n) is 3.69. The SMILES string of the molecule is NC1CCCC1Oc1ncc(Br)cc1Br. The zero-order valence-electron chi connectivity index (χ0n) is 8.12. The van der Waals surface area contributed by atoms with Crippen molar-refractivity contribution < 1.29 is 4.74 Å². The molecule has 0 spiro atoms. The predicted molar refractivity (Wildman–Crippen MR) is 65.9 cm³/mol. The molecule has 1 aliphatic carbocycles. The topological polar surface area (TPSA) is 48.1 Å². The largest absolute Gasteiger partial charge is 0.472 e. The maximum atomic E-state index is 5.93. The van der Waals surface area contributed by atoms with Crippen LogP contribution in [0.3, 0.4) is 0 Å². The Morgan fingerprint density at radius 3 is 2.80 bits per heavy atom. The van der Waals surface area contributed by atoms with Crippen LogP contribution in [0.2, 0.25) is 0 Å². The summed E-state index contributed by atoms with van der Waals surface area (Å²) in [5.41, 5.74) is 5.93. The fourth-order valence-electron chi connectivity index (χ4n) is 1.73. The molecule has 0 bridgehead atoms. The number of nitrogens with zero attached hydrogens (tertiary/aromatic N) is 1. The smallest absolute Gasteiger partial charge is 0.228 e. The zero-order valence-corrected chi connectivity index (χ0v) is 11.3. The van der Waals surface area contributed by atoms with Gasteiger partial charge in [0.25, 0.3) is 0 Å². The molecule has 2 N–H and O–H groups in total. The number of hydrogen-bond acceptors (Lipinski definition) is 3. The summed E-state index contributed by atoms with van der Waals surface area (Å²) >= 11 is 6.76. The van der Waals surface area contributed by atoms with Crippen molar-refractivity contribution in [2.75, 3.05) is 0 Å². The summed E-state index contributed by atoms with van der Waals surface area (Å²) in [6, 6.07) is 2.06. The molecule has 1 saturated carbocycles. The first-order chi connectivity index (χ1) is 7.16. The average Bonchev–Trinajstić information content (AvgIpc) is 2.57. The summed E-state index contributed by atoms with van der Waals surface area (Å²) in [7, 11) is 0. The first kappa shape index (κ1) is 11.4. The highest BCUT2D eigenvalue weighted by Crippen LogP contribution is 2.29. The number of rotatable bonds is 2. The summed E-state index contributed by atoms with van der Waals surface area (Å²) in [6.45, 7) is 0. The normalized spacial score (nSPS) is 25.5. The van der Waals surface area contributed by atoms with Gasteiger partial charge < -0.3 is 10.5 Å². The van der Waals surface area contributed by atoms with E-state index in [1.54, 1.807) is 6.20 Å². The third-order valence-electron chi connectivity index (χ3n) is 2.54. The Balaban J connectivity index is 2.10. The van der Waals surface area contributed by atoms with Gasteiger partial charge in [-0.15, -0.1) is 0 Å². The molecule has 82 valence electrons. The molecule has 0 radical (unpaired) electrons. The Labute approximate surface area is 106 Å². The van der Waals surface area contributed by atoms with Gasteiger partial charge in [-0.3, -0.25) is 0 Å². The van der Waals surface area contributed by atoms with Crippen molar-refractivity contribution in [1.82, 2.24) is 4.98 Å². The number of pyridine rings is 1. The number of aromatic nitrogens is 1. The number of nitrogens with two attached hydrogens (primary N) is 1. The maximum Gasteiger partial charge on any atom is 0.228 e. The molecule has 0 amide bonds. The van der Waals surface area contributed by atoms with Crippen LogP contribution in [-0.2, 0) is 0 Å². The third kappa shape index (κ3) is 2.71. The monoisotopic (exact) mass is 334 g/mol. The van der Waals surface area contributed by atoms with E-state index in [2.05, 4.69) is 36.8 Å². The van der Waals surface area contributed by atoms with Crippen molar-refractivity contribution in [3.8, 4) is 5.88 Å². The highest BCUT2D eigenvalue weighted by Gasteiger charge is 2.26. The lowest BCUT2D eigenvalue weighted by Crippen LogP contribution is -2.33. The van der Waals surface area contributed by atoms with Gasteiger partial charge in [-0.1, -0.05) is 0 Å². The van der Waals surface area contributed by atoms with Crippen LogP contribution >= 0.6 is 31.9 Å². The van der Waals surface area contributed by atoms with Crippen molar-refractivity contribution >= 4 is 31.9 Å². The lowest BCUT2D eigenvalue weighted by atomic mass is 10.2. The molecule has 2 unspecified atom stereocenters. The predicted octanol–water partition coefficient (Wildman–Crippen LogP) is 2.87. The van der Waals surface area contributed by atoms with E-state index < -0.39 is 0 Å². The van der Waals surface area contributed by atoms with Gasteiger partial charge in [-0.25, -0.2) is 4.98 Å². The number of halogens is 2. The van der Waals surface area contributed by atoms with Crippen molar-refractivity contribution in [3.63, 3.8) is 0 Å². The van der Waals surface area contributed by atoms with E-state index in [4.69, 9.17) is 10.5 Å². The quantitative estimate of drug-likeness (QED) is 0.904. The molecule has 1 aromatic heterocycles. The van der Waals surface area contributed by atoms with E-state index in [9.17, 15) is 0 Å². The standard InChI is InChI=1S/C10H12Br2N2O/c11-6-4-7(12)10(14-5-6)15-9-3-1-2-8(9)13/h4-5,8-9H,1-3,13H2. The Kier molecular flexibility index (Phi) is 3.64. The van der Waals surface area contributed by atoms with Gasteiger partial charge in [0.05, 0.1) is 4.47 Å². The first-order valence-electron chi connectivity index (χ1n) is 4.90. The van der Waals surface area contributed by atoms with Crippen molar-refractivity contribution in [2.45, 2.75) is 31.4 Å². The maximum absolute atomic E-state index is 5.93. The molecule has 2 atom stereocenters. The van der Waals surface area contributed by atoms with Crippen LogP contribution in [0.1, 0.15) is 19.3 Å². The molecule has 1 heterocycles. The average molecular weight is 336 g/mol. The number of hydrogen-bond donors (Lipinski definition) is 1. The molecule has 1 aliphatic rings. The van der Waals surface area contributed by atoms with E-state index in [0.717, 1.165) is 28.2 Å². The van der Waals surface area contributed by atoms with Crippen LogP contribution in [0.25, 0.3) is 0 Å². The van der Waals surface area contributed by atoms with Crippen LogP contribution in [0, 0.1) is 0 Å². The Morgan fingerprint density at radius 2 is 2.20 bits per heavy atom. The molecule has 3 nitrogen and oxygen atoms in total. The summed E-state index contributed by atoms with van der Waals surface area (Å²) in [5, 5.41) is 0. The second-order valence-corrected chi connectivity index (χ2v) is 5.46. The molecule has 0 aromatic carbocycles. The zero-order chi connectivity index (χ0) is 10.8. The molecule has 1 fully saturated rings. The summed E-state index contributed by atoms with van der Waals surface area (Å²) in [6.07, 6.45) is 5.03. The fourth-order valence-corrected chi connectivity index (χ4v) is 2.81. The van der Waals surface area contributed by atoms with Gasteiger partial charge in [-0.05, 0) is 57.2 Å². The summed E-state index contributed by atoms with van der Waals surface area (Å²) < 4.78 is 7.56. The summed E-state index contributed by atoms with van der Waals surface area (Å²) in [4.78, 5) is 4.20. The van der Waals surface area contributed by atoms with E-state index in [1.165, 1.54) is 0 Å². The fraction of sp³-hybridized carbons (Fsp3) is 0.500. The van der Waals surface area contributed by atoms with Crippen LogP contribution in [0.15, 0.2) is 21.2 Å². The minimum Gasteiger partial charge on any atom is -0.472 e. The minimum absolute atomic E-state index is 0.106. The van der Waals surface area contributed by atoms with E-state index in [1.807, 2.05) is 6.07 Å². The molecular weight excluding hydrogens is 324 g/mol. The van der Waals surface area contributed by atoms with Crippen molar-refractivity contribution in [1.29, 1.82) is 0 Å². The Bertz CT molecular complexity index is 359. The van der Waals surface area contributed by atoms with Gasteiger partial charge in [-0.2, -0.15) is 0 Å². The van der Waals surface area contributed by atoms with E-state index in [0.29, 0.717) is 5.88 Å². The van der Waals surface area contributed by atoms with Crippen molar-refractivity contribution in [2.24, 2.45) is 5.73 Å². The minimum atomic E-state index is 0.106. The molecule has 5 heteroatoms. The molecular formula is C10H12Br2N2O.